The molecule has 5 heteroatoms. The molecule has 2 aromatic carbocycles. The first kappa shape index (κ1) is 17.0. The van der Waals surface area contributed by atoms with Gasteiger partial charge in [0, 0.05) is 19.8 Å². The second-order valence-corrected chi connectivity index (χ2v) is 6.46. The second kappa shape index (κ2) is 6.97. The lowest BCUT2D eigenvalue weighted by Crippen LogP contribution is -2.38. The van der Waals surface area contributed by atoms with E-state index >= 15 is 0 Å². The van der Waals surface area contributed by atoms with Crippen molar-refractivity contribution in [3.05, 3.63) is 65.7 Å². The molecule has 2 amide bonds. The maximum Gasteiger partial charge on any atom is 0.417 e. The van der Waals surface area contributed by atoms with Crippen LogP contribution in [0.3, 0.4) is 0 Å². The van der Waals surface area contributed by atoms with E-state index in [4.69, 9.17) is 4.74 Å². The third-order valence-electron chi connectivity index (χ3n) is 4.47. The number of ether oxygens (including phenoxy) is 1. The number of imide groups is 1. The minimum absolute atomic E-state index is 0.175. The lowest BCUT2D eigenvalue weighted by Gasteiger charge is -2.19. The molecule has 130 valence electrons. The summed E-state index contributed by atoms with van der Waals surface area (Å²) in [6.45, 7) is 1.84. The molecular formula is C20H22N2O3. The molecule has 1 aliphatic heterocycles. The summed E-state index contributed by atoms with van der Waals surface area (Å²) in [5.74, 6) is -0.242. The summed E-state index contributed by atoms with van der Waals surface area (Å²) in [7, 11) is 3.93. The standard InChI is InChI=1S/C20H22N2O3/c1-14-19(16-7-5-4-6-8-16)25-20(24)22(14)18(23)13-15-9-11-17(12-10-15)21(2)3/h4-12,14,19H,13H2,1-3H3/t14-,19-/m1/s1. The maximum atomic E-state index is 12.6. The minimum atomic E-state index is -0.573. The molecule has 1 heterocycles. The van der Waals surface area contributed by atoms with Crippen LogP contribution in [0.25, 0.3) is 0 Å². The smallest absolute Gasteiger partial charge is 0.417 e. The number of cyclic esters (lactones) is 1. The van der Waals surface area contributed by atoms with Gasteiger partial charge < -0.3 is 9.64 Å². The Morgan fingerprint density at radius 1 is 1.08 bits per heavy atom. The fourth-order valence-electron chi connectivity index (χ4n) is 3.06. The monoisotopic (exact) mass is 338 g/mol. The molecule has 0 N–H and O–H groups in total. The van der Waals surface area contributed by atoms with E-state index in [2.05, 4.69) is 0 Å². The number of benzene rings is 2. The molecule has 0 unspecified atom stereocenters. The number of carbonyl (C=O) groups excluding carboxylic acids is 2. The van der Waals surface area contributed by atoms with Gasteiger partial charge in [-0.3, -0.25) is 4.79 Å². The Balaban J connectivity index is 1.72. The molecule has 0 bridgehead atoms. The van der Waals surface area contributed by atoms with E-state index in [0.717, 1.165) is 16.8 Å². The number of amides is 2. The van der Waals surface area contributed by atoms with Crippen molar-refractivity contribution in [3.8, 4) is 0 Å². The first-order valence-electron chi connectivity index (χ1n) is 8.31. The second-order valence-electron chi connectivity index (χ2n) is 6.46. The molecule has 1 saturated heterocycles. The SMILES string of the molecule is C[C@@H]1[C@H](c2ccccc2)OC(=O)N1C(=O)Cc1ccc(N(C)C)cc1. The van der Waals surface area contributed by atoms with Gasteiger partial charge in [-0.2, -0.15) is 0 Å². The minimum Gasteiger partial charge on any atom is -0.439 e. The largest absolute Gasteiger partial charge is 0.439 e. The molecule has 2 aromatic rings. The Hall–Kier alpha value is -2.82. The van der Waals surface area contributed by atoms with Crippen molar-refractivity contribution >= 4 is 17.7 Å². The fourth-order valence-corrected chi connectivity index (χ4v) is 3.06. The quantitative estimate of drug-likeness (QED) is 0.857. The molecule has 1 aliphatic rings. The van der Waals surface area contributed by atoms with Gasteiger partial charge in [0.25, 0.3) is 0 Å². The number of rotatable bonds is 4. The highest BCUT2D eigenvalue weighted by atomic mass is 16.6. The predicted octanol–water partition coefficient (Wildman–Crippen LogP) is 3.40. The molecule has 0 spiro atoms. The summed E-state index contributed by atoms with van der Waals surface area (Å²) >= 11 is 0. The Labute approximate surface area is 147 Å². The Morgan fingerprint density at radius 2 is 1.72 bits per heavy atom. The van der Waals surface area contributed by atoms with Crippen LogP contribution in [0.1, 0.15) is 24.2 Å². The zero-order chi connectivity index (χ0) is 18.0. The van der Waals surface area contributed by atoms with Gasteiger partial charge in [-0.1, -0.05) is 42.5 Å². The predicted molar refractivity (Wildman–Crippen MR) is 96.4 cm³/mol. The highest BCUT2D eigenvalue weighted by Gasteiger charge is 2.43. The molecule has 25 heavy (non-hydrogen) atoms. The fraction of sp³-hybridized carbons (Fsp3) is 0.300. The van der Waals surface area contributed by atoms with Crippen molar-refractivity contribution in [1.82, 2.24) is 4.90 Å². The van der Waals surface area contributed by atoms with E-state index in [-0.39, 0.29) is 18.4 Å². The third-order valence-corrected chi connectivity index (χ3v) is 4.47. The lowest BCUT2D eigenvalue weighted by molar-refractivity contribution is -0.128. The van der Waals surface area contributed by atoms with E-state index in [0.29, 0.717) is 0 Å². The summed E-state index contributed by atoms with van der Waals surface area (Å²) in [5, 5.41) is 0. The Kier molecular flexibility index (Phi) is 4.74. The van der Waals surface area contributed by atoms with E-state index in [1.54, 1.807) is 0 Å². The van der Waals surface area contributed by atoms with Gasteiger partial charge in [0.1, 0.15) is 6.10 Å². The van der Waals surface area contributed by atoms with Gasteiger partial charge in [-0.05, 0) is 30.2 Å². The van der Waals surface area contributed by atoms with Gasteiger partial charge in [-0.25, -0.2) is 9.69 Å². The first-order valence-corrected chi connectivity index (χ1v) is 8.31. The van der Waals surface area contributed by atoms with Crippen LogP contribution in [0.2, 0.25) is 0 Å². The van der Waals surface area contributed by atoms with Gasteiger partial charge in [0.05, 0.1) is 12.5 Å². The Bertz CT molecular complexity index is 756. The number of carbonyl (C=O) groups is 2. The van der Waals surface area contributed by atoms with E-state index in [1.807, 2.05) is 80.5 Å². The molecule has 0 radical (unpaired) electrons. The van der Waals surface area contributed by atoms with E-state index < -0.39 is 12.2 Å². The normalized spacial score (nSPS) is 19.6. The van der Waals surface area contributed by atoms with Crippen LogP contribution in [-0.4, -0.2) is 37.0 Å². The zero-order valence-electron chi connectivity index (χ0n) is 14.7. The molecule has 3 rings (SSSR count). The Morgan fingerprint density at radius 3 is 2.32 bits per heavy atom. The van der Waals surface area contributed by atoms with Crippen LogP contribution in [0.5, 0.6) is 0 Å². The molecular weight excluding hydrogens is 316 g/mol. The summed E-state index contributed by atoms with van der Waals surface area (Å²) in [6, 6.07) is 16.9. The van der Waals surface area contributed by atoms with Crippen molar-refractivity contribution in [2.75, 3.05) is 19.0 Å². The van der Waals surface area contributed by atoms with Gasteiger partial charge in [0.2, 0.25) is 5.91 Å². The highest BCUT2D eigenvalue weighted by molar-refractivity contribution is 5.94. The van der Waals surface area contributed by atoms with Crippen molar-refractivity contribution in [3.63, 3.8) is 0 Å². The summed E-state index contributed by atoms with van der Waals surface area (Å²) < 4.78 is 5.44. The number of anilines is 1. The molecule has 2 atom stereocenters. The van der Waals surface area contributed by atoms with E-state index in [9.17, 15) is 9.59 Å². The summed E-state index contributed by atoms with van der Waals surface area (Å²) in [5.41, 5.74) is 2.84. The summed E-state index contributed by atoms with van der Waals surface area (Å²) in [4.78, 5) is 28.1. The zero-order valence-corrected chi connectivity index (χ0v) is 14.7. The highest BCUT2D eigenvalue weighted by Crippen LogP contribution is 2.32. The number of hydrogen-bond acceptors (Lipinski definition) is 4. The van der Waals surface area contributed by atoms with Crippen LogP contribution in [0.4, 0.5) is 10.5 Å². The van der Waals surface area contributed by atoms with Crippen LogP contribution in [0, 0.1) is 0 Å². The van der Waals surface area contributed by atoms with E-state index in [1.165, 1.54) is 4.90 Å². The van der Waals surface area contributed by atoms with Crippen LogP contribution >= 0.6 is 0 Å². The van der Waals surface area contributed by atoms with Crippen molar-refractivity contribution in [2.45, 2.75) is 25.5 Å². The van der Waals surface area contributed by atoms with Crippen molar-refractivity contribution in [1.29, 1.82) is 0 Å². The number of nitrogens with zero attached hydrogens (tertiary/aromatic N) is 2. The lowest BCUT2D eigenvalue weighted by atomic mass is 10.0. The average molecular weight is 338 g/mol. The third kappa shape index (κ3) is 3.50. The van der Waals surface area contributed by atoms with Gasteiger partial charge in [-0.15, -0.1) is 0 Å². The van der Waals surface area contributed by atoms with Crippen molar-refractivity contribution < 1.29 is 14.3 Å². The van der Waals surface area contributed by atoms with Crippen molar-refractivity contribution in [2.24, 2.45) is 0 Å². The topological polar surface area (TPSA) is 49.9 Å². The van der Waals surface area contributed by atoms with Crippen LogP contribution < -0.4 is 4.90 Å². The summed E-state index contributed by atoms with van der Waals surface area (Å²) in [6.07, 6.45) is -0.820. The maximum absolute atomic E-state index is 12.6. The average Bonchev–Trinajstić information content (AvgIpc) is 2.90. The molecule has 0 aromatic heterocycles. The first-order chi connectivity index (χ1) is 12.0. The van der Waals surface area contributed by atoms with Gasteiger partial charge in [0.15, 0.2) is 0 Å². The number of hydrogen-bond donors (Lipinski definition) is 0. The molecule has 5 nitrogen and oxygen atoms in total. The molecule has 1 fully saturated rings. The van der Waals surface area contributed by atoms with Crippen LogP contribution in [-0.2, 0) is 16.0 Å². The van der Waals surface area contributed by atoms with Crippen LogP contribution in [0.15, 0.2) is 54.6 Å². The molecule has 0 aliphatic carbocycles. The van der Waals surface area contributed by atoms with Gasteiger partial charge >= 0.3 is 6.09 Å². The molecule has 0 saturated carbocycles.